The lowest BCUT2D eigenvalue weighted by Crippen LogP contribution is -2.32. The van der Waals surface area contributed by atoms with Crippen LogP contribution in [-0.2, 0) is 4.79 Å². The standard InChI is InChI=1S/C22H17ClN4O3S/c1-12-2-3-13(10-16(12)23)19-8-5-15(30-19)6-9-20(28)27-22(31)24-14-4-7-17-18(11-14)26-21(29)25-17/h2-11H,1H3,(H2,25,26,29)(H2,24,27,28,31). The van der Waals surface area contributed by atoms with Crippen LogP contribution < -0.4 is 16.3 Å². The van der Waals surface area contributed by atoms with E-state index in [0.717, 1.165) is 11.1 Å². The Labute approximate surface area is 187 Å². The van der Waals surface area contributed by atoms with Crippen LogP contribution in [0.1, 0.15) is 11.3 Å². The Morgan fingerprint density at radius 1 is 1.10 bits per heavy atom. The van der Waals surface area contributed by atoms with Crippen molar-refractivity contribution < 1.29 is 9.21 Å². The van der Waals surface area contributed by atoms with Crippen molar-refractivity contribution in [2.75, 3.05) is 5.32 Å². The summed E-state index contributed by atoms with van der Waals surface area (Å²) < 4.78 is 5.75. The van der Waals surface area contributed by atoms with E-state index in [4.69, 9.17) is 28.2 Å². The number of benzene rings is 2. The topological polar surface area (TPSA) is 103 Å². The van der Waals surface area contributed by atoms with Crippen molar-refractivity contribution in [3.05, 3.63) is 81.4 Å². The Bertz CT molecular complexity index is 1380. The van der Waals surface area contributed by atoms with Gasteiger partial charge in [-0.15, -0.1) is 0 Å². The summed E-state index contributed by atoms with van der Waals surface area (Å²) in [5, 5.41) is 6.25. The zero-order valence-corrected chi connectivity index (χ0v) is 17.9. The van der Waals surface area contributed by atoms with Gasteiger partial charge in [0.25, 0.3) is 0 Å². The molecule has 1 amide bonds. The van der Waals surface area contributed by atoms with Crippen molar-refractivity contribution in [2.24, 2.45) is 0 Å². The van der Waals surface area contributed by atoms with Gasteiger partial charge in [-0.3, -0.25) is 10.1 Å². The molecule has 2 aromatic heterocycles. The number of aromatic nitrogens is 2. The average Bonchev–Trinajstić information content (AvgIpc) is 3.34. The maximum Gasteiger partial charge on any atom is 0.323 e. The predicted molar refractivity (Wildman–Crippen MR) is 126 cm³/mol. The molecule has 0 fully saturated rings. The molecule has 0 saturated carbocycles. The second kappa shape index (κ2) is 8.63. The van der Waals surface area contributed by atoms with Crippen LogP contribution in [0.15, 0.2) is 63.8 Å². The highest BCUT2D eigenvalue weighted by atomic mass is 35.5. The van der Waals surface area contributed by atoms with Gasteiger partial charge in [0.15, 0.2) is 5.11 Å². The van der Waals surface area contributed by atoms with E-state index >= 15 is 0 Å². The van der Waals surface area contributed by atoms with Crippen LogP contribution in [0.3, 0.4) is 0 Å². The minimum atomic E-state index is -0.412. The van der Waals surface area contributed by atoms with Crippen LogP contribution in [0.4, 0.5) is 5.69 Å². The second-order valence-corrected chi connectivity index (χ2v) is 7.60. The minimum Gasteiger partial charge on any atom is -0.457 e. The molecule has 31 heavy (non-hydrogen) atoms. The Hall–Kier alpha value is -3.62. The molecular formula is C22H17ClN4O3S. The number of carbonyl (C=O) groups is 1. The van der Waals surface area contributed by atoms with Gasteiger partial charge in [0.05, 0.1) is 11.0 Å². The second-order valence-electron chi connectivity index (χ2n) is 6.78. The van der Waals surface area contributed by atoms with E-state index in [1.54, 1.807) is 30.3 Å². The van der Waals surface area contributed by atoms with Gasteiger partial charge in [-0.05, 0) is 67.2 Å². The quantitative estimate of drug-likeness (QED) is 0.267. The average molecular weight is 453 g/mol. The minimum absolute atomic E-state index is 0.126. The molecule has 4 N–H and O–H groups in total. The molecule has 9 heteroatoms. The third kappa shape index (κ3) is 4.93. The zero-order chi connectivity index (χ0) is 22.0. The van der Waals surface area contributed by atoms with Crippen molar-refractivity contribution >= 4 is 57.6 Å². The Kier molecular flexibility index (Phi) is 5.75. The molecule has 0 aliphatic heterocycles. The molecule has 0 bridgehead atoms. The van der Waals surface area contributed by atoms with Gasteiger partial charge in [0.2, 0.25) is 5.91 Å². The third-order valence-electron chi connectivity index (χ3n) is 4.49. The maximum atomic E-state index is 12.2. The molecule has 156 valence electrons. The van der Waals surface area contributed by atoms with Gasteiger partial charge in [-0.1, -0.05) is 23.7 Å². The third-order valence-corrected chi connectivity index (χ3v) is 5.10. The fourth-order valence-electron chi connectivity index (χ4n) is 2.93. The number of hydrogen-bond donors (Lipinski definition) is 4. The number of imidazole rings is 1. The van der Waals surface area contributed by atoms with Gasteiger partial charge < -0.3 is 19.7 Å². The smallest absolute Gasteiger partial charge is 0.323 e. The predicted octanol–water partition coefficient (Wildman–Crippen LogP) is 4.60. The SMILES string of the molecule is Cc1ccc(-c2ccc(C=CC(=O)NC(=S)Nc3ccc4[nH]c(=O)[nH]c4c3)o2)cc1Cl. The number of hydrogen-bond acceptors (Lipinski definition) is 4. The van der Waals surface area contributed by atoms with Crippen LogP contribution >= 0.6 is 23.8 Å². The highest BCUT2D eigenvalue weighted by molar-refractivity contribution is 7.80. The lowest BCUT2D eigenvalue weighted by atomic mass is 10.1. The number of rotatable bonds is 4. The number of amides is 1. The summed E-state index contributed by atoms with van der Waals surface area (Å²) in [5.74, 6) is 0.755. The van der Waals surface area contributed by atoms with Crippen LogP contribution in [0.2, 0.25) is 5.02 Å². The number of thiocarbonyl (C=S) groups is 1. The van der Waals surface area contributed by atoms with Crippen LogP contribution in [-0.4, -0.2) is 21.0 Å². The maximum absolute atomic E-state index is 12.2. The van der Waals surface area contributed by atoms with E-state index in [2.05, 4.69) is 20.6 Å². The molecule has 0 radical (unpaired) electrons. The number of carbonyl (C=O) groups excluding carboxylic acids is 1. The largest absolute Gasteiger partial charge is 0.457 e. The van der Waals surface area contributed by atoms with Crippen molar-refractivity contribution in [1.29, 1.82) is 0 Å². The van der Waals surface area contributed by atoms with E-state index < -0.39 is 5.91 Å². The molecule has 0 aliphatic rings. The summed E-state index contributed by atoms with van der Waals surface area (Å²) in [5.41, 5.74) is 3.49. The fourth-order valence-corrected chi connectivity index (χ4v) is 3.33. The number of H-pyrrole nitrogens is 2. The highest BCUT2D eigenvalue weighted by Gasteiger charge is 2.07. The fraction of sp³-hybridized carbons (Fsp3) is 0.0455. The van der Waals surface area contributed by atoms with Crippen molar-refractivity contribution in [1.82, 2.24) is 15.3 Å². The van der Waals surface area contributed by atoms with Crippen molar-refractivity contribution in [2.45, 2.75) is 6.92 Å². The zero-order valence-electron chi connectivity index (χ0n) is 16.3. The van der Waals surface area contributed by atoms with Gasteiger partial charge in [0, 0.05) is 22.3 Å². The summed E-state index contributed by atoms with van der Waals surface area (Å²) in [6.07, 6.45) is 2.87. The molecule has 0 unspecified atom stereocenters. The number of fused-ring (bicyclic) bond motifs is 1. The van der Waals surface area contributed by atoms with Crippen LogP contribution in [0, 0.1) is 6.92 Å². The van der Waals surface area contributed by atoms with E-state index in [1.807, 2.05) is 31.2 Å². The van der Waals surface area contributed by atoms with E-state index in [-0.39, 0.29) is 10.8 Å². The highest BCUT2D eigenvalue weighted by Crippen LogP contribution is 2.27. The monoisotopic (exact) mass is 452 g/mol. The number of anilines is 1. The summed E-state index contributed by atoms with van der Waals surface area (Å²) in [4.78, 5) is 28.8. The first-order valence-corrected chi connectivity index (χ1v) is 10.0. The molecule has 7 nitrogen and oxygen atoms in total. The number of aryl methyl sites for hydroxylation is 1. The first-order valence-electron chi connectivity index (χ1n) is 9.26. The Balaban J connectivity index is 1.36. The number of aromatic amines is 2. The normalized spacial score (nSPS) is 11.2. The van der Waals surface area contributed by atoms with Crippen molar-refractivity contribution in [3.8, 4) is 11.3 Å². The number of nitrogens with one attached hydrogen (secondary N) is 4. The Morgan fingerprint density at radius 3 is 2.71 bits per heavy atom. The van der Waals surface area contributed by atoms with Crippen LogP contribution in [0.25, 0.3) is 28.4 Å². The number of halogens is 1. The van der Waals surface area contributed by atoms with Gasteiger partial charge >= 0.3 is 5.69 Å². The van der Waals surface area contributed by atoms with Gasteiger partial charge in [-0.2, -0.15) is 0 Å². The van der Waals surface area contributed by atoms with E-state index in [0.29, 0.717) is 33.3 Å². The number of furan rings is 1. The first kappa shape index (κ1) is 20.6. The first-order chi connectivity index (χ1) is 14.9. The summed E-state index contributed by atoms with van der Waals surface area (Å²) in [6, 6.07) is 14.4. The molecule has 4 aromatic rings. The molecule has 0 spiro atoms. The van der Waals surface area contributed by atoms with E-state index in [9.17, 15) is 9.59 Å². The van der Waals surface area contributed by atoms with E-state index in [1.165, 1.54) is 6.08 Å². The molecule has 2 aromatic carbocycles. The Morgan fingerprint density at radius 2 is 1.90 bits per heavy atom. The molecule has 0 aliphatic carbocycles. The summed E-state index contributed by atoms with van der Waals surface area (Å²) in [6.45, 7) is 1.93. The van der Waals surface area contributed by atoms with Crippen LogP contribution in [0.5, 0.6) is 0 Å². The van der Waals surface area contributed by atoms with Crippen molar-refractivity contribution in [3.63, 3.8) is 0 Å². The molecule has 0 saturated heterocycles. The molecule has 4 rings (SSSR count). The van der Waals surface area contributed by atoms with Gasteiger partial charge in [-0.25, -0.2) is 4.79 Å². The lowest BCUT2D eigenvalue weighted by molar-refractivity contribution is -0.115. The summed E-state index contributed by atoms with van der Waals surface area (Å²) >= 11 is 11.3. The summed E-state index contributed by atoms with van der Waals surface area (Å²) in [7, 11) is 0. The van der Waals surface area contributed by atoms with Gasteiger partial charge in [0.1, 0.15) is 11.5 Å². The molecule has 2 heterocycles. The molecular weight excluding hydrogens is 436 g/mol. The molecule has 0 atom stereocenters. The lowest BCUT2D eigenvalue weighted by Gasteiger charge is -2.07.